The number of benzene rings is 7. The van der Waals surface area contributed by atoms with Gasteiger partial charge in [-0.2, -0.15) is 0 Å². The molecule has 3 aromatic heterocycles. The maximum Gasteiger partial charge on any atom is 0.136 e. The summed E-state index contributed by atoms with van der Waals surface area (Å²) in [6.07, 6.45) is 0. The van der Waals surface area contributed by atoms with Crippen molar-refractivity contribution in [3.05, 3.63) is 146 Å². The van der Waals surface area contributed by atoms with E-state index < -0.39 is 0 Å². The van der Waals surface area contributed by atoms with Crippen molar-refractivity contribution in [2.24, 2.45) is 0 Å². The molecule has 43 heavy (non-hydrogen) atoms. The number of furan rings is 1. The summed E-state index contributed by atoms with van der Waals surface area (Å²) in [5.41, 5.74) is 8.94. The van der Waals surface area contributed by atoms with Crippen molar-refractivity contribution in [1.29, 1.82) is 0 Å². The quantitative estimate of drug-likeness (QED) is 0.211. The van der Waals surface area contributed by atoms with Crippen LogP contribution >= 0.6 is 0 Å². The van der Waals surface area contributed by atoms with Crippen molar-refractivity contribution in [2.75, 3.05) is 0 Å². The Labute approximate surface area is 246 Å². The maximum atomic E-state index is 6.35. The molecule has 0 aliphatic rings. The second-order valence-electron chi connectivity index (χ2n) is 11.4. The van der Waals surface area contributed by atoms with E-state index in [2.05, 4.69) is 155 Å². The maximum absolute atomic E-state index is 6.35. The lowest BCUT2D eigenvalue weighted by Crippen LogP contribution is -1.94. The number of aromatic nitrogens is 2. The van der Waals surface area contributed by atoms with Crippen LogP contribution in [0.15, 0.2) is 150 Å². The molecule has 7 aromatic carbocycles. The normalized spacial score (nSPS) is 12.2. The predicted octanol–water partition coefficient (Wildman–Crippen LogP) is 10.9. The highest BCUT2D eigenvalue weighted by molar-refractivity contribution is 6.19. The minimum Gasteiger partial charge on any atom is -0.456 e. The molecule has 0 bridgehead atoms. The highest BCUT2D eigenvalue weighted by atomic mass is 16.3. The largest absolute Gasteiger partial charge is 0.456 e. The molecule has 200 valence electrons. The molecular formula is C40H24N2O. The van der Waals surface area contributed by atoms with Crippen LogP contribution in [0.5, 0.6) is 0 Å². The molecule has 0 aliphatic carbocycles. The van der Waals surface area contributed by atoms with Crippen molar-refractivity contribution in [3.63, 3.8) is 0 Å². The smallest absolute Gasteiger partial charge is 0.136 e. The van der Waals surface area contributed by atoms with E-state index in [0.29, 0.717) is 0 Å². The van der Waals surface area contributed by atoms with E-state index in [1.807, 2.05) is 0 Å². The van der Waals surface area contributed by atoms with Gasteiger partial charge in [-0.25, -0.2) is 0 Å². The fraction of sp³-hybridized carbons (Fsp3) is 0. The van der Waals surface area contributed by atoms with E-state index in [4.69, 9.17) is 4.42 Å². The fourth-order valence-electron chi connectivity index (χ4n) is 7.15. The standard InChI is InChI=1S/C40H24N2O/c1-2-12-27(13-3-1)41-35-16-8-6-14-29(35)31-24-38-32(23-37(31)41)30-15-7-9-17-36(30)42(38)28-18-19-39-34(22-28)33-20-25-10-4-5-11-26(25)21-40(33)43-39/h1-24H. The lowest BCUT2D eigenvalue weighted by Gasteiger charge is -2.09. The molecule has 10 aromatic rings. The summed E-state index contributed by atoms with van der Waals surface area (Å²) in [6, 6.07) is 52.4. The Bertz CT molecular complexity index is 2720. The Morgan fingerprint density at radius 3 is 1.58 bits per heavy atom. The number of fused-ring (bicyclic) bond motifs is 10. The molecule has 0 atom stereocenters. The molecule has 0 aliphatic heterocycles. The van der Waals surface area contributed by atoms with E-state index in [-0.39, 0.29) is 0 Å². The Morgan fingerprint density at radius 2 is 0.884 bits per heavy atom. The van der Waals surface area contributed by atoms with Gasteiger partial charge in [0.05, 0.1) is 22.1 Å². The van der Waals surface area contributed by atoms with Gasteiger partial charge in [0, 0.05) is 43.7 Å². The minimum absolute atomic E-state index is 0.906. The van der Waals surface area contributed by atoms with Crippen LogP contribution in [0.2, 0.25) is 0 Å². The third-order valence-corrected chi connectivity index (χ3v) is 9.06. The molecule has 0 fully saturated rings. The monoisotopic (exact) mass is 548 g/mol. The zero-order valence-corrected chi connectivity index (χ0v) is 23.2. The lowest BCUT2D eigenvalue weighted by molar-refractivity contribution is 0.669. The van der Waals surface area contributed by atoms with Crippen molar-refractivity contribution in [3.8, 4) is 11.4 Å². The third-order valence-electron chi connectivity index (χ3n) is 9.06. The number of hydrogen-bond acceptors (Lipinski definition) is 1. The summed E-state index contributed by atoms with van der Waals surface area (Å²) >= 11 is 0. The molecule has 3 heterocycles. The zero-order chi connectivity index (χ0) is 28.1. The van der Waals surface area contributed by atoms with Crippen molar-refractivity contribution in [1.82, 2.24) is 9.13 Å². The second-order valence-corrected chi connectivity index (χ2v) is 11.4. The lowest BCUT2D eigenvalue weighted by atomic mass is 10.1. The zero-order valence-electron chi connectivity index (χ0n) is 23.2. The van der Waals surface area contributed by atoms with Crippen LogP contribution in [0, 0.1) is 0 Å². The van der Waals surface area contributed by atoms with Crippen LogP contribution in [0.4, 0.5) is 0 Å². The van der Waals surface area contributed by atoms with Gasteiger partial charge in [0.1, 0.15) is 11.2 Å². The summed E-state index contributed by atoms with van der Waals surface area (Å²) in [4.78, 5) is 0. The van der Waals surface area contributed by atoms with E-state index >= 15 is 0 Å². The van der Waals surface area contributed by atoms with Crippen LogP contribution in [0.3, 0.4) is 0 Å². The average Bonchev–Trinajstić information content (AvgIpc) is 3.69. The first-order valence-electron chi connectivity index (χ1n) is 14.7. The van der Waals surface area contributed by atoms with Gasteiger partial charge < -0.3 is 13.6 Å². The van der Waals surface area contributed by atoms with Gasteiger partial charge in [-0.05, 0) is 77.5 Å². The van der Waals surface area contributed by atoms with Crippen LogP contribution < -0.4 is 0 Å². The van der Waals surface area contributed by atoms with Crippen molar-refractivity contribution < 1.29 is 4.42 Å². The molecular weight excluding hydrogens is 524 g/mol. The third kappa shape index (κ3) is 3.14. The number of nitrogens with zero attached hydrogens (tertiary/aromatic N) is 2. The summed E-state index contributed by atoms with van der Waals surface area (Å²) in [6.45, 7) is 0. The Balaban J connectivity index is 1.31. The van der Waals surface area contributed by atoms with E-state index in [0.717, 1.165) is 27.6 Å². The first kappa shape index (κ1) is 22.8. The Kier molecular flexibility index (Phi) is 4.45. The topological polar surface area (TPSA) is 23.0 Å². The highest BCUT2D eigenvalue weighted by Crippen LogP contribution is 2.40. The molecule has 0 amide bonds. The second kappa shape index (κ2) is 8.37. The van der Waals surface area contributed by atoms with Gasteiger partial charge in [-0.3, -0.25) is 0 Å². The number of para-hydroxylation sites is 3. The van der Waals surface area contributed by atoms with Gasteiger partial charge in [-0.1, -0.05) is 78.9 Å². The van der Waals surface area contributed by atoms with Gasteiger partial charge in [0.2, 0.25) is 0 Å². The highest BCUT2D eigenvalue weighted by Gasteiger charge is 2.19. The van der Waals surface area contributed by atoms with E-state index in [1.54, 1.807) is 0 Å². The van der Waals surface area contributed by atoms with Gasteiger partial charge in [0.25, 0.3) is 0 Å². The van der Waals surface area contributed by atoms with E-state index in [9.17, 15) is 0 Å². The molecule has 3 heteroatoms. The van der Waals surface area contributed by atoms with Crippen LogP contribution in [0.25, 0.3) is 87.7 Å². The van der Waals surface area contributed by atoms with Gasteiger partial charge >= 0.3 is 0 Å². The van der Waals surface area contributed by atoms with Crippen molar-refractivity contribution >= 4 is 76.3 Å². The van der Waals surface area contributed by atoms with Crippen molar-refractivity contribution in [2.45, 2.75) is 0 Å². The summed E-state index contributed by atoms with van der Waals surface area (Å²) in [5.74, 6) is 0. The molecule has 0 spiro atoms. The molecule has 0 N–H and O–H groups in total. The Morgan fingerprint density at radius 1 is 0.326 bits per heavy atom. The first-order chi connectivity index (χ1) is 21.3. The molecule has 0 radical (unpaired) electrons. The predicted molar refractivity (Wildman–Crippen MR) is 180 cm³/mol. The number of rotatable bonds is 2. The molecule has 0 saturated heterocycles. The molecule has 10 rings (SSSR count). The summed E-state index contributed by atoms with van der Waals surface area (Å²) < 4.78 is 11.2. The average molecular weight is 549 g/mol. The molecule has 3 nitrogen and oxygen atoms in total. The van der Waals surface area contributed by atoms with Crippen LogP contribution in [-0.2, 0) is 0 Å². The van der Waals surface area contributed by atoms with Gasteiger partial charge in [0.15, 0.2) is 0 Å². The van der Waals surface area contributed by atoms with Gasteiger partial charge in [-0.15, -0.1) is 0 Å². The first-order valence-corrected chi connectivity index (χ1v) is 14.7. The Hall–Kier alpha value is -5.80. The molecule has 0 saturated carbocycles. The molecule has 0 unspecified atom stereocenters. The van der Waals surface area contributed by atoms with Crippen LogP contribution in [-0.4, -0.2) is 9.13 Å². The van der Waals surface area contributed by atoms with E-state index in [1.165, 1.54) is 60.1 Å². The van der Waals surface area contributed by atoms with Crippen LogP contribution in [0.1, 0.15) is 0 Å². The minimum atomic E-state index is 0.906. The number of hydrogen-bond donors (Lipinski definition) is 0. The SMILES string of the molecule is c1ccc(-n2c3ccccc3c3cc4c(cc32)c2ccccc2n4-c2ccc3oc4cc5ccccc5cc4c3c2)cc1. The fourth-order valence-corrected chi connectivity index (χ4v) is 7.15. The summed E-state index contributed by atoms with van der Waals surface area (Å²) in [5, 5.41) is 9.67. The summed E-state index contributed by atoms with van der Waals surface area (Å²) in [7, 11) is 0.